The van der Waals surface area contributed by atoms with E-state index in [0.29, 0.717) is 27.2 Å². The summed E-state index contributed by atoms with van der Waals surface area (Å²) in [7, 11) is 1.93. The summed E-state index contributed by atoms with van der Waals surface area (Å²) in [5, 5.41) is 14.2. The average molecular weight is 409 g/mol. The predicted octanol–water partition coefficient (Wildman–Crippen LogP) is 3.46. The highest BCUT2D eigenvalue weighted by Gasteiger charge is 2.22. The van der Waals surface area contributed by atoms with Crippen molar-refractivity contribution in [3.05, 3.63) is 49.8 Å². The van der Waals surface area contributed by atoms with Crippen molar-refractivity contribution in [3.63, 3.8) is 0 Å². The van der Waals surface area contributed by atoms with Gasteiger partial charge in [-0.05, 0) is 37.3 Å². The van der Waals surface area contributed by atoms with Crippen LogP contribution in [0.5, 0.6) is 0 Å². The number of carbonyl (C=O) groups is 1. The zero-order valence-electron chi connectivity index (χ0n) is 14.5. The Bertz CT molecular complexity index is 872. The maximum Gasteiger partial charge on any atom is 0.280 e. The van der Waals surface area contributed by atoms with Gasteiger partial charge in [-0.25, -0.2) is 0 Å². The third-order valence-corrected chi connectivity index (χ3v) is 6.59. The van der Waals surface area contributed by atoms with Crippen LogP contribution in [0, 0.1) is 11.3 Å². The number of benzene rings is 1. The summed E-state index contributed by atoms with van der Waals surface area (Å²) < 4.78 is 0. The number of aryl methyl sites for hydroxylation is 1. The molecule has 2 N–H and O–H groups in total. The first-order valence-electron chi connectivity index (χ1n) is 8.58. The summed E-state index contributed by atoms with van der Waals surface area (Å²) in [4.78, 5) is 14.7. The molecule has 26 heavy (non-hydrogen) atoms. The molecule has 0 fully saturated rings. The molecule has 7 heteroatoms. The average Bonchev–Trinajstić information content (AvgIpc) is 2.95. The second-order valence-electron chi connectivity index (χ2n) is 6.60. The number of anilines is 1. The number of amides is 1. The number of halogens is 2. The number of rotatable bonds is 5. The Kier molecular flexibility index (Phi) is 6.20. The monoisotopic (exact) mass is 408 g/mol. The van der Waals surface area contributed by atoms with Crippen LogP contribution in [0.15, 0.2) is 18.2 Å². The number of nitriles is 1. The van der Waals surface area contributed by atoms with E-state index in [2.05, 4.69) is 11.4 Å². The van der Waals surface area contributed by atoms with Crippen LogP contribution in [-0.4, -0.2) is 19.5 Å². The van der Waals surface area contributed by atoms with E-state index in [-0.39, 0.29) is 12.5 Å². The van der Waals surface area contributed by atoms with Crippen LogP contribution in [0.25, 0.3) is 0 Å². The molecule has 0 radical (unpaired) electrons. The first-order chi connectivity index (χ1) is 12.5. The number of hydrogen-bond donors (Lipinski definition) is 2. The van der Waals surface area contributed by atoms with Gasteiger partial charge in [0.25, 0.3) is 5.91 Å². The Hall–Kier alpha value is -1.58. The van der Waals surface area contributed by atoms with Crippen LogP contribution in [-0.2, 0) is 24.2 Å². The van der Waals surface area contributed by atoms with Crippen molar-refractivity contribution in [1.82, 2.24) is 0 Å². The first-order valence-corrected chi connectivity index (χ1v) is 10.2. The van der Waals surface area contributed by atoms with Crippen LogP contribution in [0.1, 0.15) is 34.4 Å². The number of hydrogen-bond acceptors (Lipinski definition) is 3. The van der Waals surface area contributed by atoms with Gasteiger partial charge in [-0.15, -0.1) is 11.3 Å². The largest absolute Gasteiger partial charge is 0.326 e. The standard InChI is InChI=1S/C19H19Cl2N3OS/c1-24(10-12-5-4-7-15(20)18(12)21)11-17(25)23-19-14(9-22)13-6-2-3-8-16(13)26-19/h4-5,7H,2-3,6,8,10-11H2,1H3,(H,23,25)/p+1. The van der Waals surface area contributed by atoms with E-state index in [1.807, 2.05) is 19.2 Å². The summed E-state index contributed by atoms with van der Waals surface area (Å²) in [5.41, 5.74) is 2.69. The Morgan fingerprint density at radius 3 is 2.88 bits per heavy atom. The highest BCUT2D eigenvalue weighted by Crippen LogP contribution is 2.37. The Morgan fingerprint density at radius 2 is 2.12 bits per heavy atom. The van der Waals surface area contributed by atoms with E-state index in [4.69, 9.17) is 23.2 Å². The van der Waals surface area contributed by atoms with Gasteiger partial charge in [-0.2, -0.15) is 5.26 Å². The van der Waals surface area contributed by atoms with Crippen LogP contribution in [0.4, 0.5) is 5.00 Å². The maximum atomic E-state index is 12.5. The van der Waals surface area contributed by atoms with Crippen LogP contribution < -0.4 is 10.2 Å². The second kappa shape index (κ2) is 8.41. The fourth-order valence-corrected chi connectivity index (χ4v) is 4.93. The molecule has 1 aliphatic rings. The predicted molar refractivity (Wildman–Crippen MR) is 106 cm³/mol. The van der Waals surface area contributed by atoms with Gasteiger partial charge < -0.3 is 10.2 Å². The fourth-order valence-electron chi connectivity index (χ4n) is 3.29. The molecule has 1 aliphatic carbocycles. The lowest BCUT2D eigenvalue weighted by atomic mass is 9.96. The van der Waals surface area contributed by atoms with Gasteiger partial charge >= 0.3 is 0 Å². The van der Waals surface area contributed by atoms with Crippen molar-refractivity contribution in [2.45, 2.75) is 32.2 Å². The summed E-state index contributed by atoms with van der Waals surface area (Å²) in [6, 6.07) is 7.79. The summed E-state index contributed by atoms with van der Waals surface area (Å²) in [5.74, 6) is -0.101. The molecule has 4 nitrogen and oxygen atoms in total. The van der Waals surface area contributed by atoms with Crippen molar-refractivity contribution >= 4 is 45.4 Å². The van der Waals surface area contributed by atoms with Crippen molar-refractivity contribution in [1.29, 1.82) is 5.26 Å². The summed E-state index contributed by atoms with van der Waals surface area (Å²) in [6.07, 6.45) is 4.20. The molecular weight excluding hydrogens is 389 g/mol. The highest BCUT2D eigenvalue weighted by atomic mass is 35.5. The Balaban J connectivity index is 1.65. The summed E-state index contributed by atoms with van der Waals surface area (Å²) in [6.45, 7) is 0.884. The van der Waals surface area contributed by atoms with Crippen LogP contribution >= 0.6 is 34.5 Å². The third-order valence-electron chi connectivity index (χ3n) is 4.52. The lowest BCUT2D eigenvalue weighted by molar-refractivity contribution is -0.885. The number of likely N-dealkylation sites (N-methyl/N-ethyl adjacent to an activating group) is 1. The number of nitrogens with zero attached hydrogens (tertiary/aromatic N) is 1. The minimum atomic E-state index is -0.101. The van der Waals surface area contributed by atoms with Crippen LogP contribution in [0.2, 0.25) is 10.0 Å². The van der Waals surface area contributed by atoms with Gasteiger partial charge in [0.1, 0.15) is 17.6 Å². The van der Waals surface area contributed by atoms with E-state index in [1.165, 1.54) is 4.88 Å². The van der Waals surface area contributed by atoms with Gasteiger partial charge in [0.2, 0.25) is 0 Å². The minimum Gasteiger partial charge on any atom is -0.326 e. The third kappa shape index (κ3) is 4.21. The quantitative estimate of drug-likeness (QED) is 0.795. The number of nitrogens with one attached hydrogen (secondary N) is 2. The number of thiophene rings is 1. The van der Waals surface area contributed by atoms with Crippen LogP contribution in [0.3, 0.4) is 0 Å². The zero-order valence-corrected chi connectivity index (χ0v) is 16.8. The Morgan fingerprint density at radius 1 is 1.35 bits per heavy atom. The molecule has 1 aromatic heterocycles. The van der Waals surface area contributed by atoms with E-state index < -0.39 is 0 Å². The second-order valence-corrected chi connectivity index (χ2v) is 8.49. The molecule has 1 amide bonds. The molecule has 136 valence electrons. The molecule has 0 bridgehead atoms. The molecule has 2 aromatic rings. The number of fused-ring (bicyclic) bond motifs is 1. The molecular formula is C19H20Cl2N3OS+. The molecule has 0 aliphatic heterocycles. The zero-order chi connectivity index (χ0) is 18.7. The minimum absolute atomic E-state index is 0.101. The molecule has 1 heterocycles. The van der Waals surface area contributed by atoms with Crippen molar-refractivity contribution < 1.29 is 9.69 Å². The Labute approximate surface area is 167 Å². The number of quaternary nitrogens is 1. The number of carbonyl (C=O) groups excluding carboxylic acids is 1. The molecule has 0 saturated heterocycles. The van der Waals surface area contributed by atoms with Gasteiger partial charge in [0.05, 0.1) is 22.7 Å². The maximum absolute atomic E-state index is 12.5. The molecule has 1 unspecified atom stereocenters. The van der Waals surface area contributed by atoms with E-state index in [9.17, 15) is 10.1 Å². The first kappa shape index (κ1) is 19.2. The highest BCUT2D eigenvalue weighted by molar-refractivity contribution is 7.16. The van der Waals surface area contributed by atoms with Gasteiger partial charge in [-0.3, -0.25) is 4.79 Å². The lowest BCUT2D eigenvalue weighted by Crippen LogP contribution is -3.08. The topological polar surface area (TPSA) is 57.3 Å². The lowest BCUT2D eigenvalue weighted by Gasteiger charge is -2.15. The van der Waals surface area contributed by atoms with Gasteiger partial charge in [0, 0.05) is 10.4 Å². The summed E-state index contributed by atoms with van der Waals surface area (Å²) >= 11 is 13.8. The molecule has 0 spiro atoms. The molecule has 1 aromatic carbocycles. The van der Waals surface area contributed by atoms with Gasteiger partial charge in [-0.1, -0.05) is 35.3 Å². The smallest absolute Gasteiger partial charge is 0.280 e. The molecule has 1 atom stereocenters. The van der Waals surface area contributed by atoms with Crippen molar-refractivity contribution in [2.24, 2.45) is 0 Å². The molecule has 0 saturated carbocycles. The van der Waals surface area contributed by atoms with Gasteiger partial charge in [0.15, 0.2) is 6.54 Å². The SMILES string of the molecule is C[NH+](CC(=O)Nc1sc2c(c1C#N)CCCC2)Cc1cccc(Cl)c1Cl. The van der Waals surface area contributed by atoms with Crippen molar-refractivity contribution in [3.8, 4) is 6.07 Å². The van der Waals surface area contributed by atoms with Crippen molar-refractivity contribution in [2.75, 3.05) is 18.9 Å². The van der Waals surface area contributed by atoms with E-state index >= 15 is 0 Å². The molecule has 3 rings (SSSR count). The van der Waals surface area contributed by atoms with E-state index in [1.54, 1.807) is 17.4 Å². The normalized spacial score (nSPS) is 14.4. The van der Waals surface area contributed by atoms with E-state index in [0.717, 1.165) is 41.7 Å². The fraction of sp³-hybridized carbons (Fsp3) is 0.368.